The summed E-state index contributed by atoms with van der Waals surface area (Å²) < 4.78 is 15.5. The molecule has 1 fully saturated rings. The number of ether oxygens (including phenoxy) is 3. The Labute approximate surface area is 122 Å². The average molecular weight is 291 g/mol. The number of amides is 1. The number of methoxy groups -OCH3 is 1. The van der Waals surface area contributed by atoms with Crippen LogP contribution in [0.5, 0.6) is 11.5 Å². The Morgan fingerprint density at radius 3 is 3.10 bits per heavy atom. The number of carbonyl (C=O) groups is 2. The van der Waals surface area contributed by atoms with E-state index in [1.165, 1.54) is 7.11 Å². The van der Waals surface area contributed by atoms with Gasteiger partial charge in [-0.2, -0.15) is 0 Å². The third kappa shape index (κ3) is 2.66. The van der Waals surface area contributed by atoms with Gasteiger partial charge in [0.15, 0.2) is 11.5 Å². The van der Waals surface area contributed by atoms with Gasteiger partial charge in [0.25, 0.3) is 0 Å². The van der Waals surface area contributed by atoms with E-state index in [0.29, 0.717) is 19.5 Å². The Morgan fingerprint density at radius 2 is 2.29 bits per heavy atom. The van der Waals surface area contributed by atoms with Crippen molar-refractivity contribution < 1.29 is 23.8 Å². The topological polar surface area (TPSA) is 65.1 Å². The number of carbonyl (C=O) groups excluding carboxylic acids is 2. The molecular weight excluding hydrogens is 274 g/mol. The summed E-state index contributed by atoms with van der Waals surface area (Å²) in [5.74, 6) is 0.836. The number of hydrogen-bond donors (Lipinski definition) is 0. The Hall–Kier alpha value is -2.24. The highest BCUT2D eigenvalue weighted by molar-refractivity contribution is 5.86. The minimum Gasteiger partial charge on any atom is -0.469 e. The zero-order valence-corrected chi connectivity index (χ0v) is 11.8. The summed E-state index contributed by atoms with van der Waals surface area (Å²) in [5.41, 5.74) is 1.01. The van der Waals surface area contributed by atoms with Gasteiger partial charge in [-0.05, 0) is 18.1 Å². The average Bonchev–Trinajstić information content (AvgIpc) is 3.11. The van der Waals surface area contributed by atoms with Crippen molar-refractivity contribution in [2.75, 3.05) is 27.0 Å². The highest BCUT2D eigenvalue weighted by Gasteiger charge is 2.34. The smallest absolute Gasteiger partial charge is 0.310 e. The van der Waals surface area contributed by atoms with Gasteiger partial charge in [0.1, 0.15) is 0 Å². The second-order valence-electron chi connectivity index (χ2n) is 5.16. The second kappa shape index (κ2) is 5.63. The zero-order valence-electron chi connectivity index (χ0n) is 11.8. The lowest BCUT2D eigenvalue weighted by molar-refractivity contribution is -0.145. The molecule has 0 spiro atoms. The highest BCUT2D eigenvalue weighted by Crippen LogP contribution is 2.35. The van der Waals surface area contributed by atoms with E-state index in [1.807, 2.05) is 18.2 Å². The summed E-state index contributed by atoms with van der Waals surface area (Å²) in [6.07, 6.45) is 0.908. The summed E-state index contributed by atoms with van der Waals surface area (Å²) in [5, 5.41) is 0. The third-order valence-corrected chi connectivity index (χ3v) is 3.88. The molecule has 1 atom stereocenters. The lowest BCUT2D eigenvalue weighted by Crippen LogP contribution is -2.28. The molecular formula is C15H17NO5. The highest BCUT2D eigenvalue weighted by atomic mass is 16.7. The van der Waals surface area contributed by atoms with Crippen LogP contribution in [-0.2, 0) is 20.7 Å². The van der Waals surface area contributed by atoms with E-state index in [9.17, 15) is 9.59 Å². The number of benzene rings is 1. The van der Waals surface area contributed by atoms with Gasteiger partial charge in [0.05, 0.1) is 13.0 Å². The van der Waals surface area contributed by atoms with E-state index < -0.39 is 0 Å². The molecule has 0 saturated carbocycles. The maximum absolute atomic E-state index is 11.9. The standard InChI is InChI=1S/C15H17NO5/c1-19-15(18)11-7-13(17)16(8-11)6-5-10-3-2-4-12-14(10)21-9-20-12/h2-4,11H,5-9H2,1H3. The van der Waals surface area contributed by atoms with E-state index in [2.05, 4.69) is 0 Å². The van der Waals surface area contributed by atoms with Crippen molar-refractivity contribution in [1.29, 1.82) is 0 Å². The third-order valence-electron chi connectivity index (χ3n) is 3.88. The summed E-state index contributed by atoms with van der Waals surface area (Å²) in [4.78, 5) is 25.1. The molecule has 21 heavy (non-hydrogen) atoms. The molecule has 1 aromatic carbocycles. The molecule has 112 valence electrons. The van der Waals surface area contributed by atoms with E-state index in [4.69, 9.17) is 14.2 Å². The van der Waals surface area contributed by atoms with E-state index >= 15 is 0 Å². The predicted octanol–water partition coefficient (Wildman–Crippen LogP) is 0.979. The van der Waals surface area contributed by atoms with Gasteiger partial charge in [-0.1, -0.05) is 12.1 Å². The first-order valence-corrected chi connectivity index (χ1v) is 6.92. The molecule has 0 aromatic heterocycles. The Balaban J connectivity index is 1.62. The first-order valence-electron chi connectivity index (χ1n) is 6.92. The molecule has 1 saturated heterocycles. The molecule has 2 aliphatic rings. The quantitative estimate of drug-likeness (QED) is 0.774. The fourth-order valence-electron chi connectivity index (χ4n) is 2.76. The SMILES string of the molecule is COC(=O)C1CC(=O)N(CCc2cccc3c2OCO3)C1. The first kappa shape index (κ1) is 13.7. The molecule has 2 heterocycles. The number of nitrogens with zero attached hydrogens (tertiary/aromatic N) is 1. The predicted molar refractivity (Wildman–Crippen MR) is 73.0 cm³/mol. The number of esters is 1. The van der Waals surface area contributed by atoms with E-state index in [0.717, 1.165) is 17.1 Å². The fourth-order valence-corrected chi connectivity index (χ4v) is 2.76. The van der Waals surface area contributed by atoms with E-state index in [-0.39, 0.29) is 31.0 Å². The molecule has 3 rings (SSSR count). The van der Waals surface area contributed by atoms with Gasteiger partial charge >= 0.3 is 5.97 Å². The van der Waals surface area contributed by atoms with Crippen LogP contribution in [0.25, 0.3) is 0 Å². The summed E-state index contributed by atoms with van der Waals surface area (Å²) in [6, 6.07) is 5.73. The van der Waals surface area contributed by atoms with Gasteiger partial charge in [0.2, 0.25) is 12.7 Å². The number of fused-ring (bicyclic) bond motifs is 1. The van der Waals surface area contributed by atoms with Crippen molar-refractivity contribution in [1.82, 2.24) is 4.90 Å². The van der Waals surface area contributed by atoms with Crippen LogP contribution in [0.15, 0.2) is 18.2 Å². The zero-order chi connectivity index (χ0) is 14.8. The summed E-state index contributed by atoms with van der Waals surface area (Å²) in [7, 11) is 1.35. The van der Waals surface area contributed by atoms with Crippen LogP contribution in [0.3, 0.4) is 0 Å². The summed E-state index contributed by atoms with van der Waals surface area (Å²) >= 11 is 0. The largest absolute Gasteiger partial charge is 0.469 e. The first-order chi connectivity index (χ1) is 10.2. The molecule has 1 amide bonds. The number of rotatable bonds is 4. The maximum Gasteiger partial charge on any atom is 0.310 e. The van der Waals surface area contributed by atoms with Gasteiger partial charge in [-0.15, -0.1) is 0 Å². The van der Waals surface area contributed by atoms with Crippen molar-refractivity contribution in [3.63, 3.8) is 0 Å². The van der Waals surface area contributed by atoms with Crippen LogP contribution < -0.4 is 9.47 Å². The molecule has 0 bridgehead atoms. The minimum absolute atomic E-state index is 0.00450. The molecule has 1 aromatic rings. The van der Waals surface area contributed by atoms with Gasteiger partial charge in [-0.25, -0.2) is 0 Å². The van der Waals surface area contributed by atoms with Gasteiger partial charge in [0, 0.05) is 19.5 Å². The van der Waals surface area contributed by atoms with Crippen LogP contribution in [0.1, 0.15) is 12.0 Å². The molecule has 0 aliphatic carbocycles. The monoisotopic (exact) mass is 291 g/mol. The van der Waals surface area contributed by atoms with Crippen LogP contribution in [-0.4, -0.2) is 43.8 Å². The number of para-hydroxylation sites is 1. The van der Waals surface area contributed by atoms with Crippen molar-refractivity contribution in [3.8, 4) is 11.5 Å². The van der Waals surface area contributed by atoms with Crippen molar-refractivity contribution in [3.05, 3.63) is 23.8 Å². The van der Waals surface area contributed by atoms with Crippen LogP contribution >= 0.6 is 0 Å². The molecule has 6 nitrogen and oxygen atoms in total. The number of likely N-dealkylation sites (tertiary alicyclic amines) is 1. The Kier molecular flexibility index (Phi) is 3.68. The molecule has 6 heteroatoms. The summed E-state index contributed by atoms with van der Waals surface area (Å²) in [6.45, 7) is 1.23. The fraction of sp³-hybridized carbons (Fsp3) is 0.467. The number of hydrogen-bond acceptors (Lipinski definition) is 5. The lowest BCUT2D eigenvalue weighted by atomic mass is 10.1. The lowest BCUT2D eigenvalue weighted by Gasteiger charge is -2.16. The minimum atomic E-state index is -0.344. The van der Waals surface area contributed by atoms with Gasteiger partial charge < -0.3 is 19.1 Å². The van der Waals surface area contributed by atoms with Crippen molar-refractivity contribution >= 4 is 11.9 Å². The molecule has 1 unspecified atom stereocenters. The Bertz CT molecular complexity index is 571. The second-order valence-corrected chi connectivity index (χ2v) is 5.16. The van der Waals surface area contributed by atoms with Crippen molar-refractivity contribution in [2.24, 2.45) is 5.92 Å². The molecule has 2 aliphatic heterocycles. The maximum atomic E-state index is 11.9. The molecule has 0 N–H and O–H groups in total. The van der Waals surface area contributed by atoms with Gasteiger partial charge in [-0.3, -0.25) is 9.59 Å². The van der Waals surface area contributed by atoms with Crippen LogP contribution in [0.4, 0.5) is 0 Å². The van der Waals surface area contributed by atoms with E-state index in [1.54, 1.807) is 4.90 Å². The van der Waals surface area contributed by atoms with Crippen LogP contribution in [0.2, 0.25) is 0 Å². The normalized spacial score (nSPS) is 20.0. The van der Waals surface area contributed by atoms with Crippen LogP contribution in [0, 0.1) is 5.92 Å². The Morgan fingerprint density at radius 1 is 1.43 bits per heavy atom. The molecule has 0 radical (unpaired) electrons. The van der Waals surface area contributed by atoms with Crippen molar-refractivity contribution in [2.45, 2.75) is 12.8 Å².